The average molecular weight is 493 g/mol. The molecule has 3 aromatic carbocycles. The van der Waals surface area contributed by atoms with Crippen molar-refractivity contribution in [2.24, 2.45) is 0 Å². The Hall–Kier alpha value is -3.54. The summed E-state index contributed by atoms with van der Waals surface area (Å²) in [7, 11) is 0. The van der Waals surface area contributed by atoms with Gasteiger partial charge in [0.25, 0.3) is 0 Å². The fourth-order valence-electron chi connectivity index (χ4n) is 4.90. The highest BCUT2D eigenvalue weighted by Gasteiger charge is 2.18. The zero-order valence-electron chi connectivity index (χ0n) is 20.0. The van der Waals surface area contributed by atoms with Crippen LogP contribution in [0.3, 0.4) is 0 Å². The molecular formula is C30H24N2OS2. The molecule has 0 atom stereocenters. The molecule has 0 bridgehead atoms. The quantitative estimate of drug-likeness (QED) is 0.246. The number of aromatic nitrogens is 2. The van der Waals surface area contributed by atoms with Gasteiger partial charge in [-0.1, -0.05) is 48.5 Å². The maximum absolute atomic E-state index is 5.26. The molecule has 5 heteroatoms. The second kappa shape index (κ2) is 8.59. The van der Waals surface area contributed by atoms with E-state index in [1.54, 1.807) is 22.7 Å². The van der Waals surface area contributed by atoms with E-state index in [4.69, 9.17) is 4.63 Å². The molecule has 0 radical (unpaired) electrons. The Morgan fingerprint density at radius 1 is 0.486 bits per heavy atom. The van der Waals surface area contributed by atoms with Crippen molar-refractivity contribution in [3.8, 4) is 41.8 Å². The van der Waals surface area contributed by atoms with Gasteiger partial charge in [-0.05, 0) is 95.7 Å². The fraction of sp³-hybridized carbons (Fsp3) is 0.133. The molecule has 0 aliphatic carbocycles. The molecule has 35 heavy (non-hydrogen) atoms. The Morgan fingerprint density at radius 2 is 0.857 bits per heavy atom. The molecule has 172 valence electrons. The van der Waals surface area contributed by atoms with Crippen molar-refractivity contribution in [1.29, 1.82) is 0 Å². The third-order valence-corrected chi connectivity index (χ3v) is 8.89. The van der Waals surface area contributed by atoms with Gasteiger partial charge in [-0.15, -0.1) is 22.7 Å². The van der Waals surface area contributed by atoms with Crippen LogP contribution in [0, 0.1) is 27.7 Å². The second-order valence-electron chi connectivity index (χ2n) is 8.98. The third kappa shape index (κ3) is 3.72. The van der Waals surface area contributed by atoms with E-state index < -0.39 is 0 Å². The maximum Gasteiger partial charge on any atom is 0.144 e. The van der Waals surface area contributed by atoms with E-state index >= 15 is 0 Å². The number of benzene rings is 3. The molecule has 0 unspecified atom stereocenters. The Morgan fingerprint density at radius 3 is 1.26 bits per heavy atom. The molecule has 6 rings (SSSR count). The number of nitrogens with zero attached hydrogens (tertiary/aromatic N) is 2. The molecule has 0 saturated carbocycles. The summed E-state index contributed by atoms with van der Waals surface area (Å²) >= 11 is 3.57. The predicted molar refractivity (Wildman–Crippen MR) is 148 cm³/mol. The van der Waals surface area contributed by atoms with Crippen LogP contribution in [0.5, 0.6) is 0 Å². The van der Waals surface area contributed by atoms with Crippen LogP contribution in [-0.2, 0) is 0 Å². The molecular weight excluding hydrogens is 468 g/mol. The van der Waals surface area contributed by atoms with Crippen LogP contribution in [0.25, 0.3) is 52.8 Å². The predicted octanol–water partition coefficient (Wildman–Crippen LogP) is 9.25. The van der Waals surface area contributed by atoms with Crippen LogP contribution in [0.1, 0.15) is 22.3 Å². The van der Waals surface area contributed by atoms with Crippen molar-refractivity contribution in [3.05, 3.63) is 95.1 Å². The van der Waals surface area contributed by atoms with Crippen molar-refractivity contribution in [2.75, 3.05) is 0 Å². The van der Waals surface area contributed by atoms with Crippen molar-refractivity contribution < 1.29 is 4.63 Å². The third-order valence-electron chi connectivity index (χ3n) is 6.61. The van der Waals surface area contributed by atoms with E-state index in [1.807, 2.05) is 0 Å². The summed E-state index contributed by atoms with van der Waals surface area (Å²) in [6.45, 7) is 8.68. The zero-order chi connectivity index (χ0) is 24.1. The Balaban J connectivity index is 1.42. The number of fused-ring (bicyclic) bond motifs is 1. The minimum absolute atomic E-state index is 0.805. The first-order chi connectivity index (χ1) is 17.0. The Bertz CT molecular complexity index is 1540. The highest BCUT2D eigenvalue weighted by molar-refractivity contribution is 7.19. The SMILES string of the molecule is Cc1cccc(C)c1-c1ccc(-c2ccc(-c3ccc(-c4c(C)cccc4C)s3)c3nonc23)s1. The van der Waals surface area contributed by atoms with Gasteiger partial charge in [-0.2, -0.15) is 0 Å². The van der Waals surface area contributed by atoms with Crippen molar-refractivity contribution >= 4 is 33.7 Å². The summed E-state index contributed by atoms with van der Waals surface area (Å²) in [5, 5.41) is 8.63. The topological polar surface area (TPSA) is 38.9 Å². The van der Waals surface area contributed by atoms with Crippen LogP contribution < -0.4 is 0 Å². The summed E-state index contributed by atoms with van der Waals surface area (Å²) in [5.41, 5.74) is 11.5. The minimum atomic E-state index is 0.805. The summed E-state index contributed by atoms with van der Waals surface area (Å²) < 4.78 is 5.26. The lowest BCUT2D eigenvalue weighted by Crippen LogP contribution is -1.84. The molecule has 0 saturated heterocycles. The van der Waals surface area contributed by atoms with Crippen LogP contribution in [0.4, 0.5) is 0 Å². The van der Waals surface area contributed by atoms with E-state index in [0.717, 1.165) is 31.9 Å². The summed E-state index contributed by atoms with van der Waals surface area (Å²) in [4.78, 5) is 4.86. The molecule has 0 spiro atoms. The first kappa shape index (κ1) is 22.0. The van der Waals surface area contributed by atoms with Crippen molar-refractivity contribution in [1.82, 2.24) is 10.3 Å². The van der Waals surface area contributed by atoms with Gasteiger partial charge >= 0.3 is 0 Å². The smallest absolute Gasteiger partial charge is 0.144 e. The van der Waals surface area contributed by atoms with Gasteiger partial charge in [0, 0.05) is 30.6 Å². The van der Waals surface area contributed by atoms with Crippen molar-refractivity contribution in [2.45, 2.75) is 27.7 Å². The number of thiophene rings is 2. The molecule has 3 nitrogen and oxygen atoms in total. The van der Waals surface area contributed by atoms with Gasteiger partial charge < -0.3 is 0 Å². The van der Waals surface area contributed by atoms with Crippen LogP contribution in [0.15, 0.2) is 77.4 Å². The highest BCUT2D eigenvalue weighted by atomic mass is 32.1. The number of aryl methyl sites for hydroxylation is 4. The standard InChI is InChI=1S/C30H24N2OS2/c1-17-7-5-8-18(2)27(17)25-15-13-23(34-25)21-11-12-22(30-29(21)31-33-32-30)24-14-16-26(35-24)28-19(3)9-6-10-20(28)4/h5-16H,1-4H3. The van der Waals surface area contributed by atoms with Crippen LogP contribution in [0.2, 0.25) is 0 Å². The lowest BCUT2D eigenvalue weighted by atomic mass is 10.0. The fourth-order valence-corrected chi connectivity index (χ4v) is 7.32. The molecule has 0 aliphatic heterocycles. The summed E-state index contributed by atoms with van der Waals surface area (Å²) in [6, 6.07) is 26.0. The van der Waals surface area contributed by atoms with Crippen molar-refractivity contribution in [3.63, 3.8) is 0 Å². The zero-order valence-corrected chi connectivity index (χ0v) is 21.7. The number of hydrogen-bond acceptors (Lipinski definition) is 5. The van der Waals surface area contributed by atoms with Gasteiger partial charge in [0.1, 0.15) is 11.0 Å². The summed E-state index contributed by atoms with van der Waals surface area (Å²) in [6.07, 6.45) is 0. The van der Waals surface area contributed by atoms with Gasteiger partial charge in [-0.25, -0.2) is 4.63 Å². The summed E-state index contributed by atoms with van der Waals surface area (Å²) in [5.74, 6) is 0. The average Bonchev–Trinajstić information content (AvgIpc) is 3.60. The number of rotatable bonds is 4. The van der Waals surface area contributed by atoms with Gasteiger partial charge in [0.05, 0.1) is 0 Å². The second-order valence-corrected chi connectivity index (χ2v) is 11.2. The molecule has 6 aromatic rings. The molecule has 0 fully saturated rings. The van der Waals surface area contributed by atoms with Gasteiger partial charge in [-0.3, -0.25) is 0 Å². The van der Waals surface area contributed by atoms with Gasteiger partial charge in [0.15, 0.2) is 0 Å². The monoisotopic (exact) mass is 492 g/mol. The molecule has 3 heterocycles. The highest BCUT2D eigenvalue weighted by Crippen LogP contribution is 2.43. The largest absolute Gasteiger partial charge is 0.243 e. The Kier molecular flexibility index (Phi) is 5.39. The van der Waals surface area contributed by atoms with E-state index in [2.05, 4.69) is 111 Å². The van der Waals surface area contributed by atoms with Crippen LogP contribution >= 0.6 is 22.7 Å². The first-order valence-corrected chi connectivity index (χ1v) is 13.2. The molecule has 0 N–H and O–H groups in total. The molecule has 0 amide bonds. The number of hydrogen-bond donors (Lipinski definition) is 0. The van der Waals surface area contributed by atoms with Crippen LogP contribution in [-0.4, -0.2) is 10.3 Å². The maximum atomic E-state index is 5.26. The first-order valence-electron chi connectivity index (χ1n) is 11.6. The Labute approximate surface area is 212 Å². The van der Waals surface area contributed by atoms with Gasteiger partial charge in [0.2, 0.25) is 0 Å². The van der Waals surface area contributed by atoms with E-state index in [-0.39, 0.29) is 0 Å². The molecule has 0 aliphatic rings. The molecule has 3 aromatic heterocycles. The lowest BCUT2D eigenvalue weighted by molar-refractivity contribution is 0.315. The minimum Gasteiger partial charge on any atom is -0.243 e. The lowest BCUT2D eigenvalue weighted by Gasteiger charge is -2.07. The van der Waals surface area contributed by atoms with E-state index in [0.29, 0.717) is 0 Å². The normalized spacial score (nSPS) is 11.4. The van der Waals surface area contributed by atoms with E-state index in [9.17, 15) is 0 Å². The van der Waals surface area contributed by atoms with E-state index in [1.165, 1.54) is 43.1 Å².